The number of benzene rings is 1. The Morgan fingerprint density at radius 3 is 1.76 bits per heavy atom. The molecular formula is C14H12Br4O3. The SMILES string of the molecule is CCOC(=O)C1(C(C)=O)Cc2c(Br)c(Br)c(Br)c(Br)c2C1. The Bertz CT molecular complexity index is 603. The zero-order valence-corrected chi connectivity index (χ0v) is 17.7. The number of ketones is 1. The minimum Gasteiger partial charge on any atom is -0.465 e. The third-order valence-electron chi connectivity index (χ3n) is 3.77. The number of esters is 1. The number of carbonyl (C=O) groups excluding carboxylic acids is 2. The van der Waals surface area contributed by atoms with Crippen molar-refractivity contribution >= 4 is 75.5 Å². The summed E-state index contributed by atoms with van der Waals surface area (Å²) in [5.41, 5.74) is 0.796. The molecule has 0 amide bonds. The van der Waals surface area contributed by atoms with Gasteiger partial charge in [-0.3, -0.25) is 9.59 Å². The van der Waals surface area contributed by atoms with E-state index in [4.69, 9.17) is 4.74 Å². The Hall–Kier alpha value is 0.280. The minimum atomic E-state index is -1.12. The largest absolute Gasteiger partial charge is 0.465 e. The molecule has 1 aliphatic rings. The van der Waals surface area contributed by atoms with Crippen molar-refractivity contribution in [1.82, 2.24) is 0 Å². The van der Waals surface area contributed by atoms with Gasteiger partial charge in [0.1, 0.15) is 11.2 Å². The van der Waals surface area contributed by atoms with Crippen molar-refractivity contribution in [2.45, 2.75) is 26.7 Å². The molecule has 0 N–H and O–H groups in total. The highest BCUT2D eigenvalue weighted by molar-refractivity contribution is 9.15. The third-order valence-corrected chi connectivity index (χ3v) is 8.70. The molecular weight excluding hydrogens is 536 g/mol. The molecule has 1 aromatic rings. The van der Waals surface area contributed by atoms with Crippen LogP contribution in [0.4, 0.5) is 0 Å². The van der Waals surface area contributed by atoms with E-state index in [-0.39, 0.29) is 12.4 Å². The van der Waals surface area contributed by atoms with Gasteiger partial charge in [0.2, 0.25) is 0 Å². The van der Waals surface area contributed by atoms with E-state index in [1.165, 1.54) is 6.92 Å². The molecule has 0 bridgehead atoms. The molecule has 114 valence electrons. The smallest absolute Gasteiger partial charge is 0.320 e. The molecule has 0 aliphatic heterocycles. The van der Waals surface area contributed by atoms with Crippen LogP contribution in [0, 0.1) is 5.41 Å². The molecule has 0 fully saturated rings. The van der Waals surface area contributed by atoms with E-state index in [1.54, 1.807) is 6.92 Å². The lowest BCUT2D eigenvalue weighted by Gasteiger charge is -2.23. The second-order valence-electron chi connectivity index (χ2n) is 4.93. The molecule has 1 aliphatic carbocycles. The number of halogens is 4. The lowest BCUT2D eigenvalue weighted by atomic mass is 9.81. The summed E-state index contributed by atoms with van der Waals surface area (Å²) in [5.74, 6) is -0.608. The van der Waals surface area contributed by atoms with Crippen molar-refractivity contribution in [3.63, 3.8) is 0 Å². The van der Waals surface area contributed by atoms with Crippen LogP contribution in [-0.2, 0) is 27.2 Å². The van der Waals surface area contributed by atoms with Crippen LogP contribution in [-0.4, -0.2) is 18.4 Å². The van der Waals surface area contributed by atoms with Crippen molar-refractivity contribution in [2.75, 3.05) is 6.61 Å². The minimum absolute atomic E-state index is 0.164. The van der Waals surface area contributed by atoms with Gasteiger partial charge in [0.25, 0.3) is 0 Å². The first-order valence-electron chi connectivity index (χ1n) is 6.28. The molecule has 0 aromatic heterocycles. The zero-order chi connectivity index (χ0) is 15.9. The molecule has 21 heavy (non-hydrogen) atoms. The highest BCUT2D eigenvalue weighted by atomic mass is 79.9. The van der Waals surface area contributed by atoms with Crippen molar-refractivity contribution in [2.24, 2.45) is 5.41 Å². The van der Waals surface area contributed by atoms with E-state index >= 15 is 0 Å². The molecule has 1 aromatic carbocycles. The monoisotopic (exact) mass is 544 g/mol. The van der Waals surface area contributed by atoms with E-state index in [2.05, 4.69) is 63.7 Å². The number of Topliss-reactive ketones (excluding diaryl/α,β-unsaturated/α-hetero) is 1. The fourth-order valence-electron chi connectivity index (χ4n) is 2.56. The molecule has 0 atom stereocenters. The van der Waals surface area contributed by atoms with Crippen LogP contribution in [0.2, 0.25) is 0 Å². The number of hydrogen-bond acceptors (Lipinski definition) is 3. The number of hydrogen-bond donors (Lipinski definition) is 0. The molecule has 0 radical (unpaired) electrons. The maximum absolute atomic E-state index is 12.4. The molecule has 0 saturated heterocycles. The average Bonchev–Trinajstić information content (AvgIpc) is 2.85. The molecule has 0 heterocycles. The molecule has 2 rings (SSSR count). The van der Waals surface area contributed by atoms with Crippen LogP contribution < -0.4 is 0 Å². The van der Waals surface area contributed by atoms with Gasteiger partial charge in [-0.05, 0) is 102 Å². The van der Waals surface area contributed by atoms with Crippen molar-refractivity contribution < 1.29 is 14.3 Å². The van der Waals surface area contributed by atoms with Gasteiger partial charge < -0.3 is 4.74 Å². The van der Waals surface area contributed by atoms with Crippen LogP contribution in [0.3, 0.4) is 0 Å². The van der Waals surface area contributed by atoms with Gasteiger partial charge in [-0.25, -0.2) is 0 Å². The van der Waals surface area contributed by atoms with E-state index < -0.39 is 11.4 Å². The average molecular weight is 548 g/mol. The Labute approximate surface area is 156 Å². The second kappa shape index (κ2) is 6.42. The highest BCUT2D eigenvalue weighted by Gasteiger charge is 2.51. The quantitative estimate of drug-likeness (QED) is 0.232. The Morgan fingerprint density at radius 2 is 1.43 bits per heavy atom. The summed E-state index contributed by atoms with van der Waals surface area (Å²) in [6, 6.07) is 0. The van der Waals surface area contributed by atoms with Crippen molar-refractivity contribution in [3.8, 4) is 0 Å². The lowest BCUT2D eigenvalue weighted by Crippen LogP contribution is -2.40. The number of ether oxygens (including phenoxy) is 1. The Balaban J connectivity index is 2.60. The van der Waals surface area contributed by atoms with Crippen LogP contribution in [0.1, 0.15) is 25.0 Å². The molecule has 0 unspecified atom stereocenters. The summed E-state index contributed by atoms with van der Waals surface area (Å²) < 4.78 is 8.59. The van der Waals surface area contributed by atoms with Crippen molar-refractivity contribution in [1.29, 1.82) is 0 Å². The highest BCUT2D eigenvalue weighted by Crippen LogP contribution is 2.50. The Kier molecular flexibility index (Phi) is 5.39. The predicted octanol–water partition coefficient (Wildman–Crippen LogP) is 4.97. The predicted molar refractivity (Wildman–Crippen MR) is 94.4 cm³/mol. The molecule has 0 saturated carbocycles. The van der Waals surface area contributed by atoms with Crippen LogP contribution in [0.15, 0.2) is 17.9 Å². The summed E-state index contributed by atoms with van der Waals surface area (Å²) in [6.07, 6.45) is 0.698. The van der Waals surface area contributed by atoms with E-state index in [0.29, 0.717) is 12.8 Å². The number of fused-ring (bicyclic) bond motifs is 1. The number of carbonyl (C=O) groups is 2. The van der Waals surface area contributed by atoms with Gasteiger partial charge in [-0.2, -0.15) is 0 Å². The zero-order valence-electron chi connectivity index (χ0n) is 11.4. The fourth-order valence-corrected chi connectivity index (χ4v) is 5.13. The standard InChI is InChI=1S/C14H12Br4O3/c1-3-21-13(20)14(6(2)19)4-7-8(5-14)10(16)12(18)11(17)9(7)15/h3-5H2,1-2H3. The van der Waals surface area contributed by atoms with Crippen LogP contribution >= 0.6 is 63.7 Å². The summed E-state index contributed by atoms with van der Waals surface area (Å²) in [7, 11) is 0. The summed E-state index contributed by atoms with van der Waals surface area (Å²) in [5, 5.41) is 0. The third kappa shape index (κ3) is 2.79. The summed E-state index contributed by atoms with van der Waals surface area (Å²) >= 11 is 14.1. The first kappa shape index (κ1) is 17.6. The van der Waals surface area contributed by atoms with Gasteiger partial charge in [-0.15, -0.1) is 0 Å². The summed E-state index contributed by atoms with van der Waals surface area (Å²) in [4.78, 5) is 24.6. The van der Waals surface area contributed by atoms with Gasteiger partial charge in [0, 0.05) is 17.9 Å². The number of rotatable bonds is 3. The van der Waals surface area contributed by atoms with Crippen LogP contribution in [0.25, 0.3) is 0 Å². The maximum Gasteiger partial charge on any atom is 0.320 e. The van der Waals surface area contributed by atoms with Gasteiger partial charge in [0.05, 0.1) is 6.61 Å². The molecule has 3 nitrogen and oxygen atoms in total. The lowest BCUT2D eigenvalue weighted by molar-refractivity contribution is -0.159. The topological polar surface area (TPSA) is 43.4 Å². The van der Waals surface area contributed by atoms with Gasteiger partial charge >= 0.3 is 5.97 Å². The van der Waals surface area contributed by atoms with Gasteiger partial charge in [0.15, 0.2) is 0 Å². The molecule has 7 heteroatoms. The normalized spacial score (nSPS) is 15.7. The fraction of sp³-hybridized carbons (Fsp3) is 0.429. The van der Waals surface area contributed by atoms with Crippen LogP contribution in [0.5, 0.6) is 0 Å². The first-order valence-corrected chi connectivity index (χ1v) is 9.45. The van der Waals surface area contributed by atoms with E-state index in [1.807, 2.05) is 0 Å². The second-order valence-corrected chi connectivity index (χ2v) is 8.10. The summed E-state index contributed by atoms with van der Waals surface area (Å²) in [6.45, 7) is 3.46. The van der Waals surface area contributed by atoms with E-state index in [0.717, 1.165) is 29.0 Å². The maximum atomic E-state index is 12.4. The Morgan fingerprint density at radius 1 is 1.00 bits per heavy atom. The van der Waals surface area contributed by atoms with E-state index in [9.17, 15) is 9.59 Å². The first-order chi connectivity index (χ1) is 9.76. The van der Waals surface area contributed by atoms with Gasteiger partial charge in [-0.1, -0.05) is 0 Å². The molecule has 0 spiro atoms. The van der Waals surface area contributed by atoms with Crippen molar-refractivity contribution in [3.05, 3.63) is 29.0 Å².